The molecule has 1 aromatic carbocycles. The van der Waals surface area contributed by atoms with E-state index in [-0.39, 0.29) is 55.2 Å². The van der Waals surface area contributed by atoms with E-state index < -0.39 is 17.7 Å². The number of aliphatic hydroxyl groups is 1. The average molecular weight is 907 g/mol. The van der Waals surface area contributed by atoms with Crippen LogP contribution >= 0.6 is 0 Å². The fourth-order valence-corrected chi connectivity index (χ4v) is 6.56. The molecule has 2 aliphatic rings. The Hall–Kier alpha value is -4.16. The number of fused-ring (bicyclic) bond motifs is 5. The standard InChI is InChI=1S/C44H62N2O18/c1-3-44(50)37-30-39-40-34(31-46(39)41(47)36(37)32-63-42(44)48)28-33-29-35(4-5-38(33)45-40)64-43(49)62-27-26-61-25-24-60-23-22-59-21-20-58-19-18-57-17-16-56-15-14-55-13-12-54-11-10-53-9-8-52-7-6-51-2/h4-5,28-30,50H,3,6-27,31-32H2,1-2H3/t44-/m0/s1. The van der Waals surface area contributed by atoms with Crippen LogP contribution in [0.3, 0.4) is 0 Å². The van der Waals surface area contributed by atoms with Gasteiger partial charge in [-0.05, 0) is 36.8 Å². The third-order valence-electron chi connectivity index (χ3n) is 9.91. The highest BCUT2D eigenvalue weighted by Gasteiger charge is 2.45. The molecular weight excluding hydrogens is 844 g/mol. The number of benzene rings is 1. The molecule has 2 aliphatic heterocycles. The van der Waals surface area contributed by atoms with Crippen molar-refractivity contribution < 1.29 is 81.0 Å². The first-order valence-corrected chi connectivity index (χ1v) is 21.6. The van der Waals surface area contributed by atoms with Crippen LogP contribution in [0.2, 0.25) is 0 Å². The monoisotopic (exact) mass is 906 g/mol. The minimum Gasteiger partial charge on any atom is -0.458 e. The van der Waals surface area contributed by atoms with Crippen LogP contribution in [0.5, 0.6) is 5.75 Å². The van der Waals surface area contributed by atoms with Gasteiger partial charge < -0.3 is 76.0 Å². The first kappa shape index (κ1) is 50.8. The summed E-state index contributed by atoms with van der Waals surface area (Å²) in [5.41, 5.74) is 0.714. The van der Waals surface area contributed by atoms with E-state index in [0.29, 0.717) is 154 Å². The minimum absolute atomic E-state index is 0.0111. The van der Waals surface area contributed by atoms with Crippen molar-refractivity contribution in [1.29, 1.82) is 0 Å². The molecule has 4 heterocycles. The molecule has 1 N–H and O–H groups in total. The number of hydrogen-bond acceptors (Lipinski definition) is 19. The van der Waals surface area contributed by atoms with Crippen LogP contribution in [0.4, 0.5) is 4.79 Å². The molecular formula is C44H62N2O18. The maximum atomic E-state index is 13.4. The largest absolute Gasteiger partial charge is 0.513 e. The van der Waals surface area contributed by atoms with Crippen LogP contribution in [0, 0.1) is 0 Å². The molecule has 0 amide bonds. The molecule has 0 unspecified atom stereocenters. The van der Waals surface area contributed by atoms with Gasteiger partial charge >= 0.3 is 12.1 Å². The Labute approximate surface area is 372 Å². The molecule has 356 valence electrons. The lowest BCUT2D eigenvalue weighted by Gasteiger charge is -2.31. The zero-order valence-electron chi connectivity index (χ0n) is 36.8. The smallest absolute Gasteiger partial charge is 0.458 e. The summed E-state index contributed by atoms with van der Waals surface area (Å²) in [4.78, 5) is 42.9. The molecule has 0 saturated heterocycles. The lowest BCUT2D eigenvalue weighted by atomic mass is 9.86. The summed E-state index contributed by atoms with van der Waals surface area (Å²) >= 11 is 0. The number of hydrogen-bond donors (Lipinski definition) is 1. The SMILES string of the molecule is CC[C@@]1(O)C(=O)OCc2c1cc1n(c2=O)Cc2cc3cc(OC(=O)OCCOCCOCCOCCOCCOCCOCCOCCOCCOCCOCCOC)ccc3nc2-1. The molecule has 20 heteroatoms. The second-order valence-electron chi connectivity index (χ2n) is 14.3. The zero-order valence-corrected chi connectivity index (χ0v) is 36.8. The van der Waals surface area contributed by atoms with E-state index in [9.17, 15) is 19.5 Å². The van der Waals surface area contributed by atoms with Crippen molar-refractivity contribution in [3.63, 3.8) is 0 Å². The molecule has 5 rings (SSSR count). The second-order valence-corrected chi connectivity index (χ2v) is 14.3. The number of pyridine rings is 2. The maximum absolute atomic E-state index is 13.4. The molecule has 0 radical (unpaired) electrons. The van der Waals surface area contributed by atoms with Gasteiger partial charge in [-0.3, -0.25) is 4.79 Å². The number of carbonyl (C=O) groups is 2. The molecule has 20 nitrogen and oxygen atoms in total. The molecule has 3 aromatic rings. The Morgan fingerprint density at radius 2 is 1.14 bits per heavy atom. The second kappa shape index (κ2) is 28.7. The number of nitrogens with zero attached hydrogens (tertiary/aromatic N) is 2. The maximum Gasteiger partial charge on any atom is 0.513 e. The van der Waals surface area contributed by atoms with Gasteiger partial charge in [-0.2, -0.15) is 0 Å². The Kier molecular flexibility index (Phi) is 22.8. The van der Waals surface area contributed by atoms with Gasteiger partial charge in [0.25, 0.3) is 5.56 Å². The number of methoxy groups -OCH3 is 1. The van der Waals surface area contributed by atoms with Gasteiger partial charge in [0, 0.05) is 23.6 Å². The summed E-state index contributed by atoms with van der Waals surface area (Å²) in [5.74, 6) is -0.517. The molecule has 0 bridgehead atoms. The first-order valence-electron chi connectivity index (χ1n) is 21.6. The Balaban J connectivity index is 0.790. The predicted octanol–water partition coefficient (Wildman–Crippen LogP) is 2.41. The third-order valence-corrected chi connectivity index (χ3v) is 9.91. The molecule has 2 aromatic heterocycles. The van der Waals surface area contributed by atoms with Crippen molar-refractivity contribution in [3.05, 3.63) is 57.4 Å². The van der Waals surface area contributed by atoms with Gasteiger partial charge in [-0.25, -0.2) is 14.6 Å². The summed E-state index contributed by atoms with van der Waals surface area (Å²) in [6, 6.07) is 8.47. The van der Waals surface area contributed by atoms with E-state index in [1.54, 1.807) is 42.9 Å². The number of aromatic nitrogens is 2. The van der Waals surface area contributed by atoms with Crippen LogP contribution in [-0.4, -0.2) is 179 Å². The van der Waals surface area contributed by atoms with Gasteiger partial charge in [-0.15, -0.1) is 0 Å². The van der Waals surface area contributed by atoms with Crippen molar-refractivity contribution in [3.8, 4) is 17.1 Å². The number of cyclic esters (lactones) is 1. The van der Waals surface area contributed by atoms with Gasteiger partial charge in [0.1, 0.15) is 19.0 Å². The Morgan fingerprint density at radius 1 is 0.672 bits per heavy atom. The van der Waals surface area contributed by atoms with Gasteiger partial charge in [0.05, 0.1) is 168 Å². The summed E-state index contributed by atoms with van der Waals surface area (Å²) in [6.07, 6.45) is -0.827. The van der Waals surface area contributed by atoms with E-state index >= 15 is 0 Å². The topological polar surface area (TPSA) is 218 Å². The highest BCUT2D eigenvalue weighted by atomic mass is 16.7. The van der Waals surface area contributed by atoms with E-state index in [0.717, 1.165) is 5.56 Å². The van der Waals surface area contributed by atoms with Gasteiger partial charge in [-0.1, -0.05) is 6.92 Å². The molecule has 1 atom stereocenters. The van der Waals surface area contributed by atoms with Crippen molar-refractivity contribution in [2.75, 3.05) is 152 Å². The number of ether oxygens (including phenoxy) is 14. The predicted molar refractivity (Wildman–Crippen MR) is 227 cm³/mol. The molecule has 0 spiro atoms. The number of esters is 1. The fraction of sp³-hybridized carbons (Fsp3) is 0.636. The summed E-state index contributed by atoms with van der Waals surface area (Å²) in [5, 5.41) is 11.8. The van der Waals surface area contributed by atoms with E-state index in [1.165, 1.54) is 0 Å². The number of rotatable bonds is 35. The highest BCUT2D eigenvalue weighted by Crippen LogP contribution is 2.39. The number of carbonyl (C=O) groups excluding carboxylic acids is 2. The van der Waals surface area contributed by atoms with Crippen molar-refractivity contribution >= 4 is 23.0 Å². The minimum atomic E-state index is -1.90. The Bertz CT molecular complexity index is 1930. The van der Waals surface area contributed by atoms with Crippen molar-refractivity contribution in [2.24, 2.45) is 0 Å². The van der Waals surface area contributed by atoms with Crippen LogP contribution in [-0.2, 0) is 85.1 Å². The van der Waals surface area contributed by atoms with Crippen LogP contribution in [0.1, 0.15) is 30.0 Å². The van der Waals surface area contributed by atoms with E-state index in [1.807, 2.05) is 6.07 Å². The third kappa shape index (κ3) is 16.1. The first-order chi connectivity index (χ1) is 31.4. The van der Waals surface area contributed by atoms with E-state index in [2.05, 4.69) is 0 Å². The molecule has 0 aliphatic carbocycles. The Morgan fingerprint density at radius 3 is 1.61 bits per heavy atom. The summed E-state index contributed by atoms with van der Waals surface area (Å²) in [6.45, 7) is 11.3. The summed E-state index contributed by atoms with van der Waals surface area (Å²) < 4.78 is 76.6. The quantitative estimate of drug-likeness (QED) is 0.0398. The van der Waals surface area contributed by atoms with E-state index in [4.69, 9.17) is 71.3 Å². The van der Waals surface area contributed by atoms with Gasteiger partial charge in [0.15, 0.2) is 5.60 Å². The summed E-state index contributed by atoms with van der Waals surface area (Å²) in [7, 11) is 1.64. The lowest BCUT2D eigenvalue weighted by molar-refractivity contribution is -0.172. The van der Waals surface area contributed by atoms with Gasteiger partial charge in [0.2, 0.25) is 0 Å². The fourth-order valence-electron chi connectivity index (χ4n) is 6.56. The van der Waals surface area contributed by atoms with Crippen LogP contribution in [0.25, 0.3) is 22.3 Å². The lowest BCUT2D eigenvalue weighted by Crippen LogP contribution is -2.44. The van der Waals surface area contributed by atoms with Crippen LogP contribution < -0.4 is 10.3 Å². The highest BCUT2D eigenvalue weighted by molar-refractivity contribution is 5.87. The normalized spacial score (nSPS) is 15.3. The molecule has 0 fully saturated rings. The van der Waals surface area contributed by atoms with Crippen molar-refractivity contribution in [1.82, 2.24) is 9.55 Å². The molecule has 0 saturated carbocycles. The molecule has 64 heavy (non-hydrogen) atoms. The average Bonchev–Trinajstić information content (AvgIpc) is 3.66. The van der Waals surface area contributed by atoms with Crippen LogP contribution in [0.15, 0.2) is 35.1 Å². The zero-order chi connectivity index (χ0) is 45.2. The van der Waals surface area contributed by atoms with Crippen molar-refractivity contribution in [2.45, 2.75) is 32.1 Å².